The number of aryl methyl sites for hydroxylation is 1. The van der Waals surface area contributed by atoms with Gasteiger partial charge in [-0.15, -0.1) is 13.2 Å². The highest BCUT2D eigenvalue weighted by Gasteiger charge is 2.32. The Morgan fingerprint density at radius 2 is 1.83 bits per heavy atom. The first kappa shape index (κ1) is 23.7. The van der Waals surface area contributed by atoms with Crippen molar-refractivity contribution in [3.8, 4) is 5.75 Å². The highest BCUT2D eigenvalue weighted by molar-refractivity contribution is 6.32. The summed E-state index contributed by atoms with van der Waals surface area (Å²) in [6.45, 7) is 7.18. The van der Waals surface area contributed by atoms with Crippen molar-refractivity contribution >= 4 is 23.3 Å². The Balaban J connectivity index is 2.15. The SMILES string of the molecule is Cc1cc(C(C)NC(=O)c2ccc(OC(F)(F)F)c(Cl)c2)cc(CC(=O)C(C)C)n1. The van der Waals surface area contributed by atoms with Crippen molar-refractivity contribution in [2.24, 2.45) is 5.92 Å². The van der Waals surface area contributed by atoms with Gasteiger partial charge in [-0.2, -0.15) is 0 Å². The highest BCUT2D eigenvalue weighted by atomic mass is 35.5. The van der Waals surface area contributed by atoms with E-state index >= 15 is 0 Å². The van der Waals surface area contributed by atoms with E-state index in [0.29, 0.717) is 11.4 Å². The molecule has 0 aliphatic heterocycles. The number of aromatic nitrogens is 1. The van der Waals surface area contributed by atoms with Gasteiger partial charge in [0.2, 0.25) is 0 Å². The Hall–Kier alpha value is -2.61. The summed E-state index contributed by atoms with van der Waals surface area (Å²) in [7, 11) is 0. The van der Waals surface area contributed by atoms with Crippen LogP contribution in [0.3, 0.4) is 0 Å². The normalized spacial score (nSPS) is 12.6. The Morgan fingerprint density at radius 1 is 1.17 bits per heavy atom. The molecule has 0 aliphatic carbocycles. The summed E-state index contributed by atoms with van der Waals surface area (Å²) in [4.78, 5) is 28.9. The number of Topliss-reactive ketones (excluding diaryl/α,β-unsaturated/α-hetero) is 1. The molecule has 0 bridgehead atoms. The van der Waals surface area contributed by atoms with Crippen molar-refractivity contribution < 1.29 is 27.5 Å². The summed E-state index contributed by atoms with van der Waals surface area (Å²) in [5, 5.41) is 2.43. The van der Waals surface area contributed by atoms with Crippen molar-refractivity contribution in [1.82, 2.24) is 10.3 Å². The first-order valence-corrected chi connectivity index (χ1v) is 9.60. The third kappa shape index (κ3) is 6.73. The van der Waals surface area contributed by atoms with Crippen LogP contribution in [0.2, 0.25) is 5.02 Å². The predicted molar refractivity (Wildman–Crippen MR) is 107 cm³/mol. The van der Waals surface area contributed by atoms with E-state index in [4.69, 9.17) is 11.6 Å². The number of rotatable bonds is 7. The largest absolute Gasteiger partial charge is 0.573 e. The zero-order valence-corrected chi connectivity index (χ0v) is 17.7. The zero-order chi connectivity index (χ0) is 22.6. The van der Waals surface area contributed by atoms with Crippen molar-refractivity contribution in [3.63, 3.8) is 0 Å². The average Bonchev–Trinajstić information content (AvgIpc) is 2.61. The smallest absolute Gasteiger partial charge is 0.404 e. The van der Waals surface area contributed by atoms with E-state index in [1.807, 2.05) is 13.8 Å². The number of benzene rings is 1. The molecule has 2 aromatic rings. The van der Waals surface area contributed by atoms with Crippen LogP contribution in [0.5, 0.6) is 5.75 Å². The molecule has 9 heteroatoms. The lowest BCUT2D eigenvalue weighted by Gasteiger charge is -2.17. The second-order valence-electron chi connectivity index (χ2n) is 7.22. The van der Waals surface area contributed by atoms with Gasteiger partial charge in [0.15, 0.2) is 0 Å². The van der Waals surface area contributed by atoms with Gasteiger partial charge in [0.1, 0.15) is 11.5 Å². The van der Waals surface area contributed by atoms with Gasteiger partial charge in [-0.3, -0.25) is 14.6 Å². The first-order valence-electron chi connectivity index (χ1n) is 9.22. The monoisotopic (exact) mass is 442 g/mol. The van der Waals surface area contributed by atoms with Gasteiger partial charge in [0.05, 0.1) is 11.1 Å². The van der Waals surface area contributed by atoms with E-state index in [1.165, 1.54) is 6.07 Å². The van der Waals surface area contributed by atoms with E-state index in [1.54, 1.807) is 26.0 Å². The van der Waals surface area contributed by atoms with Gasteiger partial charge in [0, 0.05) is 29.3 Å². The average molecular weight is 443 g/mol. The molecule has 0 radical (unpaired) electrons. The number of nitrogens with one attached hydrogen (secondary N) is 1. The maximum absolute atomic E-state index is 12.5. The standard InChI is InChI=1S/C21H22ClF3N2O3/c1-11(2)18(28)10-16-8-15(7-12(3)26-16)13(4)27-20(29)14-5-6-19(17(22)9-14)30-21(23,24)25/h5-9,11,13H,10H2,1-4H3,(H,27,29). The quantitative estimate of drug-likeness (QED) is 0.639. The zero-order valence-electron chi connectivity index (χ0n) is 16.9. The number of pyridine rings is 1. The second-order valence-corrected chi connectivity index (χ2v) is 7.63. The fourth-order valence-electron chi connectivity index (χ4n) is 2.70. The van der Waals surface area contributed by atoms with E-state index in [9.17, 15) is 22.8 Å². The summed E-state index contributed by atoms with van der Waals surface area (Å²) in [5.74, 6) is -1.15. The molecule has 30 heavy (non-hydrogen) atoms. The number of amides is 1. The molecule has 1 aromatic heterocycles. The lowest BCUT2D eigenvalue weighted by Crippen LogP contribution is -2.27. The van der Waals surface area contributed by atoms with Gasteiger partial charge in [-0.05, 0) is 49.7 Å². The molecule has 5 nitrogen and oxygen atoms in total. The molecule has 0 saturated carbocycles. The molecule has 1 atom stereocenters. The van der Waals surface area contributed by atoms with Gasteiger partial charge in [-0.25, -0.2) is 0 Å². The Bertz CT molecular complexity index is 946. The molecule has 0 saturated heterocycles. The van der Waals surface area contributed by atoms with Crippen LogP contribution in [-0.4, -0.2) is 23.0 Å². The summed E-state index contributed by atoms with van der Waals surface area (Å²) >= 11 is 5.80. The van der Waals surface area contributed by atoms with Crippen molar-refractivity contribution in [2.75, 3.05) is 0 Å². The van der Waals surface area contributed by atoms with E-state index in [0.717, 1.165) is 17.7 Å². The van der Waals surface area contributed by atoms with Crippen LogP contribution in [-0.2, 0) is 11.2 Å². The topological polar surface area (TPSA) is 68.3 Å². The maximum Gasteiger partial charge on any atom is 0.573 e. The number of carbonyl (C=O) groups excluding carboxylic acids is 2. The molecule has 0 aliphatic rings. The summed E-state index contributed by atoms with van der Waals surface area (Å²) in [6.07, 6.45) is -4.68. The molecule has 1 amide bonds. The second kappa shape index (κ2) is 9.47. The van der Waals surface area contributed by atoms with Crippen LogP contribution in [0.1, 0.15) is 54.1 Å². The Morgan fingerprint density at radius 3 is 2.40 bits per heavy atom. The summed E-state index contributed by atoms with van der Waals surface area (Å²) < 4.78 is 40.8. The number of hydrogen-bond donors (Lipinski definition) is 1. The van der Waals surface area contributed by atoms with Crippen molar-refractivity contribution in [3.05, 3.63) is 57.9 Å². The Kier molecular flexibility index (Phi) is 7.47. The molecule has 1 N–H and O–H groups in total. The summed E-state index contributed by atoms with van der Waals surface area (Å²) in [6, 6.07) is 6.40. The minimum atomic E-state index is -4.88. The van der Waals surface area contributed by atoms with Crippen LogP contribution in [0, 0.1) is 12.8 Å². The Labute approximate surface area is 177 Å². The van der Waals surface area contributed by atoms with Crippen LogP contribution in [0.25, 0.3) is 0 Å². The lowest BCUT2D eigenvalue weighted by atomic mass is 10.0. The van der Waals surface area contributed by atoms with Crippen molar-refractivity contribution in [2.45, 2.75) is 46.5 Å². The summed E-state index contributed by atoms with van der Waals surface area (Å²) in [5.41, 5.74) is 2.16. The molecular weight excluding hydrogens is 421 g/mol. The molecule has 0 fully saturated rings. The minimum absolute atomic E-state index is 0.0616. The van der Waals surface area contributed by atoms with Crippen LogP contribution >= 0.6 is 11.6 Å². The van der Waals surface area contributed by atoms with Crippen LogP contribution in [0.4, 0.5) is 13.2 Å². The fourth-order valence-corrected chi connectivity index (χ4v) is 2.92. The molecule has 162 valence electrons. The number of ketones is 1. The maximum atomic E-state index is 12.5. The lowest BCUT2D eigenvalue weighted by molar-refractivity contribution is -0.274. The number of ether oxygens (including phenoxy) is 1. The number of hydrogen-bond acceptors (Lipinski definition) is 4. The molecule has 1 unspecified atom stereocenters. The number of alkyl halides is 3. The first-order chi connectivity index (χ1) is 13.9. The van der Waals surface area contributed by atoms with Gasteiger partial charge >= 0.3 is 6.36 Å². The van der Waals surface area contributed by atoms with E-state index in [-0.39, 0.29) is 28.7 Å². The van der Waals surface area contributed by atoms with Gasteiger partial charge < -0.3 is 10.1 Å². The predicted octanol–water partition coefficient (Wildman–Crippen LogP) is 5.20. The molecule has 2 rings (SSSR count). The van der Waals surface area contributed by atoms with Gasteiger partial charge in [-0.1, -0.05) is 25.4 Å². The number of nitrogens with zero attached hydrogens (tertiary/aromatic N) is 1. The minimum Gasteiger partial charge on any atom is -0.404 e. The molecular formula is C21H22ClF3N2O3. The molecule has 0 spiro atoms. The third-order valence-corrected chi connectivity index (χ3v) is 4.59. The highest BCUT2D eigenvalue weighted by Crippen LogP contribution is 2.31. The molecule has 1 aromatic carbocycles. The number of carbonyl (C=O) groups is 2. The van der Waals surface area contributed by atoms with E-state index in [2.05, 4.69) is 15.0 Å². The number of halogens is 4. The van der Waals surface area contributed by atoms with Crippen LogP contribution < -0.4 is 10.1 Å². The fraction of sp³-hybridized carbons (Fsp3) is 0.381. The van der Waals surface area contributed by atoms with Gasteiger partial charge in [0.25, 0.3) is 5.91 Å². The van der Waals surface area contributed by atoms with E-state index < -0.39 is 24.1 Å². The van der Waals surface area contributed by atoms with Crippen molar-refractivity contribution in [1.29, 1.82) is 0 Å². The van der Waals surface area contributed by atoms with Crippen LogP contribution in [0.15, 0.2) is 30.3 Å². The molecule has 1 heterocycles. The third-order valence-electron chi connectivity index (χ3n) is 4.30.